The van der Waals surface area contributed by atoms with Crippen LogP contribution in [0.25, 0.3) is 11.3 Å². The van der Waals surface area contributed by atoms with Crippen molar-refractivity contribution in [3.63, 3.8) is 0 Å². The van der Waals surface area contributed by atoms with Gasteiger partial charge in [0, 0.05) is 24.2 Å². The van der Waals surface area contributed by atoms with Crippen LogP contribution in [0.15, 0.2) is 33.7 Å². The molecule has 0 aliphatic carbocycles. The molecule has 0 N–H and O–H groups in total. The fourth-order valence-electron chi connectivity index (χ4n) is 3.62. The number of piperidine rings is 1. The fourth-order valence-corrected chi connectivity index (χ4v) is 5.70. The number of aryl methyl sites for hydroxylation is 1. The molecular weight excluding hydrogens is 393 g/mol. The van der Waals surface area contributed by atoms with Crippen LogP contribution < -0.4 is 0 Å². The van der Waals surface area contributed by atoms with Gasteiger partial charge in [0.05, 0.1) is 4.90 Å². The summed E-state index contributed by atoms with van der Waals surface area (Å²) in [4.78, 5) is 0.129. The lowest BCUT2D eigenvalue weighted by molar-refractivity contribution is -0.155. The predicted octanol–water partition coefficient (Wildman–Crippen LogP) is 4.88. The summed E-state index contributed by atoms with van der Waals surface area (Å²) >= 11 is 0. The lowest BCUT2D eigenvalue weighted by Gasteiger charge is -2.34. The zero-order chi connectivity index (χ0) is 20.5. The van der Waals surface area contributed by atoms with E-state index in [-0.39, 0.29) is 22.2 Å². The average Bonchev–Trinajstić information content (AvgIpc) is 3.18. The van der Waals surface area contributed by atoms with E-state index in [2.05, 4.69) is 9.68 Å². The lowest BCUT2D eigenvalue weighted by Crippen LogP contribution is -2.43. The Kier molecular flexibility index (Phi) is 5.86. The van der Waals surface area contributed by atoms with Crippen molar-refractivity contribution in [1.82, 2.24) is 9.46 Å². The number of rotatable bonds is 5. The van der Waals surface area contributed by atoms with Crippen molar-refractivity contribution in [2.24, 2.45) is 0 Å². The van der Waals surface area contributed by atoms with Crippen LogP contribution in [0.2, 0.25) is 0 Å². The number of hydrogen-bond acceptors (Lipinski definition) is 4. The topological polar surface area (TPSA) is 63.4 Å². The molecule has 1 aromatic carbocycles. The predicted molar refractivity (Wildman–Crippen MR) is 98.1 cm³/mol. The highest BCUT2D eigenvalue weighted by Crippen LogP contribution is 2.34. The van der Waals surface area contributed by atoms with Crippen LogP contribution in [0, 0.1) is 0 Å². The molecule has 28 heavy (non-hydrogen) atoms. The van der Waals surface area contributed by atoms with Crippen molar-refractivity contribution in [3.8, 4) is 11.3 Å². The van der Waals surface area contributed by atoms with Gasteiger partial charge in [-0.25, -0.2) is 8.42 Å². The van der Waals surface area contributed by atoms with Gasteiger partial charge in [-0.2, -0.15) is 17.5 Å². The molecular formula is C19H23F3N2O3S. The van der Waals surface area contributed by atoms with Crippen molar-refractivity contribution in [2.45, 2.75) is 63.1 Å². The summed E-state index contributed by atoms with van der Waals surface area (Å²) in [5.74, 6) is -1.21. The number of sulfonamides is 1. The van der Waals surface area contributed by atoms with Crippen LogP contribution in [0.1, 0.15) is 50.9 Å². The number of nitrogens with zero attached hydrogens (tertiary/aromatic N) is 2. The van der Waals surface area contributed by atoms with Gasteiger partial charge in [0.15, 0.2) is 0 Å². The SMILES string of the molecule is CCc1ccc(-c2cc(C(F)(F)F)on2)cc1S(=O)(=O)N1CCCC[C@@H]1CC. The molecule has 9 heteroatoms. The Morgan fingerprint density at radius 2 is 1.96 bits per heavy atom. The maximum absolute atomic E-state index is 13.4. The minimum Gasteiger partial charge on any atom is -0.351 e. The Morgan fingerprint density at radius 3 is 2.57 bits per heavy atom. The largest absolute Gasteiger partial charge is 0.452 e. The number of aromatic nitrogens is 1. The molecule has 0 amide bonds. The van der Waals surface area contributed by atoms with E-state index in [1.165, 1.54) is 6.07 Å². The van der Waals surface area contributed by atoms with Gasteiger partial charge in [-0.3, -0.25) is 0 Å². The second kappa shape index (κ2) is 7.87. The van der Waals surface area contributed by atoms with Crippen molar-refractivity contribution in [1.29, 1.82) is 0 Å². The van der Waals surface area contributed by atoms with Crippen LogP contribution in [0.3, 0.4) is 0 Å². The van der Waals surface area contributed by atoms with Crippen LogP contribution in [0.4, 0.5) is 13.2 Å². The number of halogens is 3. The quantitative estimate of drug-likeness (QED) is 0.697. The van der Waals surface area contributed by atoms with E-state index in [1.54, 1.807) is 16.4 Å². The fraction of sp³-hybridized carbons (Fsp3) is 0.526. The third-order valence-corrected chi connectivity index (χ3v) is 7.20. The maximum atomic E-state index is 13.4. The first kappa shape index (κ1) is 20.9. The molecule has 1 aliphatic heterocycles. The highest BCUT2D eigenvalue weighted by Gasteiger charge is 2.37. The summed E-state index contributed by atoms with van der Waals surface area (Å²) in [6.45, 7) is 4.26. The molecule has 1 aromatic heterocycles. The Hall–Kier alpha value is -1.87. The molecule has 1 fully saturated rings. The van der Waals surface area contributed by atoms with Crippen molar-refractivity contribution in [3.05, 3.63) is 35.6 Å². The Balaban J connectivity index is 2.05. The summed E-state index contributed by atoms with van der Waals surface area (Å²) in [6.07, 6.45) is -0.828. The standard InChI is InChI=1S/C19H23F3N2O3S/c1-3-13-8-9-14(16-12-18(27-23-16)19(20,21)22)11-17(13)28(25,26)24-10-6-5-7-15(24)4-2/h8-9,11-12,15H,3-7,10H2,1-2H3/t15-/m0/s1. The highest BCUT2D eigenvalue weighted by atomic mass is 32.2. The van der Waals surface area contributed by atoms with Gasteiger partial charge in [0.2, 0.25) is 15.8 Å². The molecule has 1 atom stereocenters. The second-order valence-electron chi connectivity index (χ2n) is 6.92. The minimum absolute atomic E-state index is 0.0443. The average molecular weight is 416 g/mol. The monoisotopic (exact) mass is 416 g/mol. The van der Waals surface area contributed by atoms with Gasteiger partial charge in [0.1, 0.15) is 5.69 Å². The Bertz CT molecular complexity index is 938. The van der Waals surface area contributed by atoms with E-state index in [4.69, 9.17) is 0 Å². The van der Waals surface area contributed by atoms with E-state index in [9.17, 15) is 21.6 Å². The summed E-state index contributed by atoms with van der Waals surface area (Å²) in [5.41, 5.74) is 0.862. The molecule has 0 bridgehead atoms. The van der Waals surface area contributed by atoms with Gasteiger partial charge >= 0.3 is 6.18 Å². The van der Waals surface area contributed by atoms with Gasteiger partial charge < -0.3 is 4.52 Å². The lowest BCUT2D eigenvalue weighted by atomic mass is 10.0. The molecule has 2 heterocycles. The minimum atomic E-state index is -4.65. The molecule has 154 valence electrons. The van der Waals surface area contributed by atoms with Gasteiger partial charge in [-0.15, -0.1) is 0 Å². The summed E-state index contributed by atoms with van der Waals surface area (Å²) in [6, 6.07) is 5.34. The van der Waals surface area contributed by atoms with Gasteiger partial charge in [0.25, 0.3) is 0 Å². The van der Waals surface area contributed by atoms with Crippen molar-refractivity contribution < 1.29 is 26.1 Å². The summed E-state index contributed by atoms with van der Waals surface area (Å²) < 4.78 is 71.1. The van der Waals surface area contributed by atoms with Crippen molar-refractivity contribution >= 4 is 10.0 Å². The Labute approximate surface area is 162 Å². The molecule has 1 aliphatic rings. The van der Waals surface area contributed by atoms with Crippen molar-refractivity contribution in [2.75, 3.05) is 6.54 Å². The zero-order valence-corrected chi connectivity index (χ0v) is 16.6. The van der Waals surface area contributed by atoms with E-state index >= 15 is 0 Å². The smallest absolute Gasteiger partial charge is 0.351 e. The number of benzene rings is 1. The van der Waals surface area contributed by atoms with E-state index in [0.717, 1.165) is 31.7 Å². The Morgan fingerprint density at radius 1 is 1.21 bits per heavy atom. The van der Waals surface area contributed by atoms with Crippen LogP contribution in [0.5, 0.6) is 0 Å². The molecule has 5 nitrogen and oxygen atoms in total. The van der Waals surface area contributed by atoms with E-state index in [1.807, 2.05) is 13.8 Å². The first-order valence-electron chi connectivity index (χ1n) is 9.37. The molecule has 0 unspecified atom stereocenters. The third-order valence-electron chi connectivity index (χ3n) is 5.16. The second-order valence-corrected chi connectivity index (χ2v) is 8.78. The molecule has 0 radical (unpaired) electrons. The molecule has 0 saturated carbocycles. The van der Waals surface area contributed by atoms with E-state index < -0.39 is 22.0 Å². The van der Waals surface area contributed by atoms with Crippen LogP contribution >= 0.6 is 0 Å². The first-order chi connectivity index (χ1) is 13.2. The number of alkyl halides is 3. The normalized spacial score (nSPS) is 19.1. The maximum Gasteiger partial charge on any atom is 0.452 e. The summed E-state index contributed by atoms with van der Waals surface area (Å²) in [5, 5.41) is 3.47. The molecule has 1 saturated heterocycles. The number of hydrogen-bond donors (Lipinski definition) is 0. The van der Waals surface area contributed by atoms with Crippen LogP contribution in [-0.2, 0) is 22.6 Å². The zero-order valence-electron chi connectivity index (χ0n) is 15.8. The van der Waals surface area contributed by atoms with Gasteiger partial charge in [-0.1, -0.05) is 37.6 Å². The molecule has 3 rings (SSSR count). The highest BCUT2D eigenvalue weighted by molar-refractivity contribution is 7.89. The van der Waals surface area contributed by atoms with Crippen LogP contribution in [-0.4, -0.2) is 30.5 Å². The molecule has 0 spiro atoms. The first-order valence-corrected chi connectivity index (χ1v) is 10.8. The summed E-state index contributed by atoms with van der Waals surface area (Å²) in [7, 11) is -3.77. The third kappa shape index (κ3) is 3.96. The van der Waals surface area contributed by atoms with Gasteiger partial charge in [-0.05, 0) is 37.3 Å². The molecule has 2 aromatic rings. The van der Waals surface area contributed by atoms with E-state index in [0.29, 0.717) is 18.5 Å².